The van der Waals surface area contributed by atoms with Crippen LogP contribution in [0.3, 0.4) is 0 Å². The van der Waals surface area contributed by atoms with E-state index >= 15 is 0 Å². The molecule has 0 aromatic heterocycles. The number of nitrogens with zero attached hydrogens (tertiary/aromatic N) is 1. The second-order valence-electron chi connectivity index (χ2n) is 4.38. The topological polar surface area (TPSA) is 95.8 Å². The molecule has 1 atom stereocenters. The molecule has 0 spiro atoms. The number of benzene rings is 1. The highest BCUT2D eigenvalue weighted by Gasteiger charge is 2.38. The molecule has 1 aromatic carbocycles. The van der Waals surface area contributed by atoms with Crippen LogP contribution >= 0.6 is 11.9 Å². The molecule has 1 aromatic rings. The van der Waals surface area contributed by atoms with Crippen LogP contribution in [-0.4, -0.2) is 27.8 Å². The van der Waals surface area contributed by atoms with Gasteiger partial charge >= 0.3 is 5.97 Å². The Morgan fingerprint density at radius 2 is 1.89 bits per heavy atom. The van der Waals surface area contributed by atoms with Gasteiger partial charge in [0.05, 0.1) is 4.75 Å². The lowest BCUT2D eigenvalue weighted by molar-refractivity contribution is -0.139. The van der Waals surface area contributed by atoms with E-state index in [2.05, 4.69) is 9.90 Å². The van der Waals surface area contributed by atoms with Crippen molar-refractivity contribution in [1.29, 1.82) is 0 Å². The van der Waals surface area contributed by atoms with Crippen LogP contribution in [0.4, 0.5) is 0 Å². The number of aliphatic carboxylic acids is 1. The van der Waals surface area contributed by atoms with Gasteiger partial charge in [-0.2, -0.15) is 0 Å². The lowest BCUT2D eigenvalue weighted by Gasteiger charge is -2.28. The second kappa shape index (κ2) is 6.33. The smallest absolute Gasteiger partial charge is 0.327 e. The number of rotatable bonds is 6. The largest absolute Gasteiger partial charge is 0.480 e. The third-order valence-corrected chi connectivity index (χ3v) is 3.31. The maximum Gasteiger partial charge on any atom is 0.327 e. The minimum Gasteiger partial charge on any atom is -0.480 e. The molecule has 0 radical (unpaired) electrons. The summed E-state index contributed by atoms with van der Waals surface area (Å²) < 4.78 is 1.60. The molecule has 0 aliphatic rings. The van der Waals surface area contributed by atoms with Crippen LogP contribution in [0, 0.1) is 4.91 Å². The molecular formula is C12H14N2O4S. The summed E-state index contributed by atoms with van der Waals surface area (Å²) in [5.41, 5.74) is 0.355. The van der Waals surface area contributed by atoms with Crippen molar-refractivity contribution in [2.45, 2.75) is 24.6 Å². The molecule has 6 nitrogen and oxygen atoms in total. The maximum absolute atomic E-state index is 11.9. The fraction of sp³-hybridized carbons (Fsp3) is 0.333. The van der Waals surface area contributed by atoms with E-state index in [9.17, 15) is 14.5 Å². The molecular weight excluding hydrogens is 268 g/mol. The summed E-state index contributed by atoms with van der Waals surface area (Å²) >= 11 is 0.581. The number of nitroso groups, excluding NO2 is 1. The summed E-state index contributed by atoms with van der Waals surface area (Å²) in [5.74, 6) is -1.72. The third kappa shape index (κ3) is 4.06. The molecule has 1 rings (SSSR count). The number of carboxylic acid groups (broad SMARTS) is 1. The van der Waals surface area contributed by atoms with Gasteiger partial charge in [0.25, 0.3) is 5.91 Å². The summed E-state index contributed by atoms with van der Waals surface area (Å²) in [7, 11) is 0. The highest BCUT2D eigenvalue weighted by atomic mass is 32.2. The number of carbonyl (C=O) groups excluding carboxylic acids is 1. The van der Waals surface area contributed by atoms with Crippen LogP contribution in [0.5, 0.6) is 0 Å². The average Bonchev–Trinajstić information content (AvgIpc) is 2.36. The van der Waals surface area contributed by atoms with Crippen LogP contribution in [0.25, 0.3) is 0 Å². The third-order valence-electron chi connectivity index (χ3n) is 2.53. The average molecular weight is 282 g/mol. The molecule has 0 fully saturated rings. The first kappa shape index (κ1) is 15.2. The highest BCUT2D eigenvalue weighted by molar-refractivity contribution is 7.99. The predicted molar refractivity (Wildman–Crippen MR) is 72.8 cm³/mol. The van der Waals surface area contributed by atoms with Gasteiger partial charge in [-0.3, -0.25) is 4.79 Å². The Bertz CT molecular complexity index is 476. The molecule has 7 heteroatoms. The Morgan fingerprint density at radius 3 is 2.37 bits per heavy atom. The summed E-state index contributed by atoms with van der Waals surface area (Å²) in [4.78, 5) is 33.4. The normalized spacial score (nSPS) is 12.5. The number of hydrogen-bond donors (Lipinski definition) is 2. The van der Waals surface area contributed by atoms with Gasteiger partial charge < -0.3 is 10.4 Å². The molecule has 1 amide bonds. The van der Waals surface area contributed by atoms with Crippen molar-refractivity contribution in [1.82, 2.24) is 5.32 Å². The van der Waals surface area contributed by atoms with Gasteiger partial charge in [-0.05, 0) is 26.0 Å². The van der Waals surface area contributed by atoms with Gasteiger partial charge in [0.2, 0.25) is 0 Å². The van der Waals surface area contributed by atoms with E-state index in [0.29, 0.717) is 17.5 Å². The van der Waals surface area contributed by atoms with Gasteiger partial charge in [-0.25, -0.2) is 4.79 Å². The Labute approximate surface area is 114 Å². The molecule has 2 N–H and O–H groups in total. The maximum atomic E-state index is 11.9. The zero-order valence-corrected chi connectivity index (χ0v) is 11.3. The monoisotopic (exact) mass is 282 g/mol. The van der Waals surface area contributed by atoms with Gasteiger partial charge in [0, 0.05) is 22.1 Å². The van der Waals surface area contributed by atoms with Crippen molar-refractivity contribution < 1.29 is 14.7 Å². The fourth-order valence-electron chi connectivity index (χ4n) is 1.49. The molecule has 0 heterocycles. The second-order valence-corrected chi connectivity index (χ2v) is 5.76. The summed E-state index contributed by atoms with van der Waals surface area (Å²) in [5, 5.41) is 11.6. The van der Waals surface area contributed by atoms with E-state index < -0.39 is 22.7 Å². The lowest BCUT2D eigenvalue weighted by Crippen LogP contribution is -2.52. The molecule has 19 heavy (non-hydrogen) atoms. The standard InChI is InChI=1S/C12H14N2O4S/c1-12(2,19-14-18)9(11(16)17)13-10(15)8-6-4-3-5-7-8/h3-7,9H,1-2H3,(H,13,15)(H,16,17)/t9-/m0/s1. The van der Waals surface area contributed by atoms with Crippen molar-refractivity contribution in [2.24, 2.45) is 4.58 Å². The van der Waals surface area contributed by atoms with Crippen LogP contribution in [0.1, 0.15) is 24.2 Å². The predicted octanol–water partition coefficient (Wildman–Crippen LogP) is 2.06. The van der Waals surface area contributed by atoms with Crippen molar-refractivity contribution in [3.8, 4) is 0 Å². The molecule has 0 saturated carbocycles. The number of amides is 1. The van der Waals surface area contributed by atoms with Gasteiger partial charge in [0.15, 0.2) is 0 Å². The highest BCUT2D eigenvalue weighted by Crippen LogP contribution is 2.29. The van der Waals surface area contributed by atoms with Gasteiger partial charge in [0.1, 0.15) is 6.04 Å². The summed E-state index contributed by atoms with van der Waals surface area (Å²) in [6.45, 7) is 3.06. The van der Waals surface area contributed by atoms with Crippen molar-refractivity contribution in [3.63, 3.8) is 0 Å². The van der Waals surface area contributed by atoms with E-state index in [1.807, 2.05) is 0 Å². The Hall–Kier alpha value is -1.89. The minimum absolute atomic E-state index is 0.355. The lowest BCUT2D eigenvalue weighted by atomic mass is 10.0. The molecule has 0 bridgehead atoms. The minimum atomic E-state index is -1.22. The molecule has 0 aliphatic heterocycles. The van der Waals surface area contributed by atoms with E-state index in [0.717, 1.165) is 0 Å². The molecule has 102 valence electrons. The molecule has 0 unspecified atom stereocenters. The zero-order chi connectivity index (χ0) is 14.5. The van der Waals surface area contributed by atoms with Crippen molar-refractivity contribution in [2.75, 3.05) is 0 Å². The SMILES string of the molecule is CC(C)(SN=O)[C@@H](NC(=O)c1ccccc1)C(=O)O. The van der Waals surface area contributed by atoms with Crippen LogP contribution in [0.15, 0.2) is 34.9 Å². The zero-order valence-electron chi connectivity index (χ0n) is 10.5. The van der Waals surface area contributed by atoms with Crippen LogP contribution < -0.4 is 5.32 Å². The summed E-state index contributed by atoms with van der Waals surface area (Å²) in [6.07, 6.45) is 0. The number of hydrogen-bond acceptors (Lipinski definition) is 5. The fourth-order valence-corrected chi connectivity index (χ4v) is 1.94. The van der Waals surface area contributed by atoms with Crippen LogP contribution in [0.2, 0.25) is 0 Å². The van der Waals surface area contributed by atoms with E-state index in [4.69, 9.17) is 5.11 Å². The number of carbonyl (C=O) groups is 2. The first-order chi connectivity index (χ1) is 8.88. The Kier molecular flexibility index (Phi) is 5.05. The number of nitrogens with one attached hydrogen (secondary N) is 1. The van der Waals surface area contributed by atoms with E-state index in [-0.39, 0.29) is 0 Å². The van der Waals surface area contributed by atoms with E-state index in [1.165, 1.54) is 13.8 Å². The first-order valence-corrected chi connectivity index (χ1v) is 6.25. The van der Waals surface area contributed by atoms with Crippen molar-refractivity contribution in [3.05, 3.63) is 40.8 Å². The Morgan fingerprint density at radius 1 is 1.32 bits per heavy atom. The first-order valence-electron chi connectivity index (χ1n) is 5.48. The van der Waals surface area contributed by atoms with Crippen molar-refractivity contribution >= 4 is 23.8 Å². The number of carboxylic acids is 1. The molecule has 0 aliphatic carbocycles. The van der Waals surface area contributed by atoms with Crippen LogP contribution in [-0.2, 0) is 4.79 Å². The quantitative estimate of drug-likeness (QED) is 0.615. The van der Waals surface area contributed by atoms with Gasteiger partial charge in [-0.1, -0.05) is 18.2 Å². The van der Waals surface area contributed by atoms with Gasteiger partial charge in [-0.15, -0.1) is 4.91 Å². The Balaban J connectivity index is 2.89. The summed E-state index contributed by atoms with van der Waals surface area (Å²) in [6, 6.07) is 7.04. The van der Waals surface area contributed by atoms with E-state index in [1.54, 1.807) is 30.3 Å². The molecule has 0 saturated heterocycles.